The molecule has 1 saturated heterocycles. The lowest BCUT2D eigenvalue weighted by Gasteiger charge is -2.36. The van der Waals surface area contributed by atoms with Crippen LogP contribution in [0, 0.1) is 10.1 Å². The van der Waals surface area contributed by atoms with Gasteiger partial charge in [0.25, 0.3) is 5.09 Å². The number of pyridine rings is 1. The van der Waals surface area contributed by atoms with E-state index in [0.717, 1.165) is 48.5 Å². The number of hydrogen-bond donors (Lipinski definition) is 0. The van der Waals surface area contributed by atoms with E-state index in [4.69, 9.17) is 4.74 Å². The first kappa shape index (κ1) is 22.0. The fourth-order valence-corrected chi connectivity index (χ4v) is 2.97. The summed E-state index contributed by atoms with van der Waals surface area (Å²) in [5.41, 5.74) is 2.08. The highest BCUT2D eigenvalue weighted by molar-refractivity contribution is 5.92. The molecule has 0 aliphatic carbocycles. The van der Waals surface area contributed by atoms with Crippen molar-refractivity contribution < 1.29 is 14.7 Å². The van der Waals surface area contributed by atoms with Crippen molar-refractivity contribution in [3.05, 3.63) is 40.6 Å². The summed E-state index contributed by atoms with van der Waals surface area (Å²) in [4.78, 5) is 23.5. The minimum absolute atomic E-state index is 0. The van der Waals surface area contributed by atoms with E-state index in [9.17, 15) is 10.1 Å². The molecule has 10 heteroatoms. The number of rotatable bonds is 6. The van der Waals surface area contributed by atoms with Gasteiger partial charge in [-0.1, -0.05) is 0 Å². The van der Waals surface area contributed by atoms with Crippen LogP contribution >= 0.6 is 24.8 Å². The number of piperazine rings is 1. The topological polar surface area (TPSA) is 81.0 Å². The Morgan fingerprint density at radius 3 is 2.58 bits per heavy atom. The van der Waals surface area contributed by atoms with Crippen LogP contribution in [0.2, 0.25) is 0 Å². The number of ether oxygens (including phenoxy) is 1. The molecule has 1 aromatic carbocycles. The predicted molar refractivity (Wildman–Crippen MR) is 104 cm³/mol. The Morgan fingerprint density at radius 2 is 1.92 bits per heavy atom. The Labute approximate surface area is 164 Å². The van der Waals surface area contributed by atoms with E-state index < -0.39 is 5.09 Å². The van der Waals surface area contributed by atoms with E-state index in [1.807, 2.05) is 30.5 Å². The van der Waals surface area contributed by atoms with Crippen molar-refractivity contribution in [1.82, 2.24) is 9.88 Å². The lowest BCUT2D eigenvalue weighted by molar-refractivity contribution is -0.757. The van der Waals surface area contributed by atoms with Gasteiger partial charge in [0, 0.05) is 50.0 Å². The number of hydrogen-bond acceptors (Lipinski definition) is 7. The molecule has 1 aliphatic heterocycles. The van der Waals surface area contributed by atoms with Gasteiger partial charge in [0.05, 0.1) is 12.6 Å². The van der Waals surface area contributed by atoms with E-state index in [1.165, 1.54) is 0 Å². The zero-order chi connectivity index (χ0) is 16.9. The maximum absolute atomic E-state index is 10.2. The summed E-state index contributed by atoms with van der Waals surface area (Å²) in [6, 6.07) is 7.90. The molecule has 2 aromatic rings. The van der Waals surface area contributed by atoms with E-state index in [-0.39, 0.29) is 31.4 Å². The minimum atomic E-state index is -0.743. The highest BCUT2D eigenvalue weighted by Gasteiger charge is 2.19. The maximum atomic E-state index is 10.2. The molecule has 144 valence electrons. The van der Waals surface area contributed by atoms with Crippen molar-refractivity contribution in [2.75, 3.05) is 51.3 Å². The Kier molecular flexibility index (Phi) is 8.64. The molecule has 0 spiro atoms. The second kappa shape index (κ2) is 10.2. The van der Waals surface area contributed by atoms with Crippen LogP contribution in [0.15, 0.2) is 30.5 Å². The second-order valence-electron chi connectivity index (χ2n) is 5.60. The van der Waals surface area contributed by atoms with Crippen LogP contribution in [0.4, 0.5) is 5.69 Å². The molecule has 0 atom stereocenters. The van der Waals surface area contributed by atoms with Crippen LogP contribution in [-0.2, 0) is 4.84 Å². The Balaban J connectivity index is 0.00000169. The average molecular weight is 405 g/mol. The zero-order valence-corrected chi connectivity index (χ0v) is 16.0. The largest absolute Gasteiger partial charge is 0.497 e. The molecule has 0 amide bonds. The first-order chi connectivity index (χ1) is 11.7. The molecule has 1 fully saturated rings. The van der Waals surface area contributed by atoms with Gasteiger partial charge in [-0.3, -0.25) is 9.88 Å². The summed E-state index contributed by atoms with van der Waals surface area (Å²) in [6.07, 6.45) is 1.82. The fourth-order valence-electron chi connectivity index (χ4n) is 2.97. The smallest absolute Gasteiger partial charge is 0.294 e. The molecule has 0 radical (unpaired) electrons. The molecular formula is C16H22Cl2N4O4. The van der Waals surface area contributed by atoms with E-state index in [1.54, 1.807) is 7.11 Å². The zero-order valence-electron chi connectivity index (χ0n) is 14.4. The SMILES string of the molecule is COc1ccc2nccc(N3CCN(CCO[N+](=O)[O-])CC3)c2c1.Cl.Cl. The van der Waals surface area contributed by atoms with Crippen LogP contribution < -0.4 is 9.64 Å². The summed E-state index contributed by atoms with van der Waals surface area (Å²) >= 11 is 0. The monoisotopic (exact) mass is 404 g/mol. The van der Waals surface area contributed by atoms with Gasteiger partial charge in [-0.2, -0.15) is 0 Å². The summed E-state index contributed by atoms with van der Waals surface area (Å²) in [5.74, 6) is 0.812. The van der Waals surface area contributed by atoms with Crippen molar-refractivity contribution in [3.8, 4) is 5.75 Å². The number of benzene rings is 1. The second-order valence-corrected chi connectivity index (χ2v) is 5.60. The Hall–Kier alpha value is -2.03. The van der Waals surface area contributed by atoms with Crippen LogP contribution in [0.5, 0.6) is 5.75 Å². The molecule has 1 aliphatic rings. The third-order valence-electron chi connectivity index (χ3n) is 4.24. The summed E-state index contributed by atoms with van der Waals surface area (Å²) < 4.78 is 5.32. The van der Waals surface area contributed by atoms with Crippen molar-refractivity contribution in [3.63, 3.8) is 0 Å². The van der Waals surface area contributed by atoms with Gasteiger partial charge in [0.15, 0.2) is 0 Å². The van der Waals surface area contributed by atoms with Gasteiger partial charge >= 0.3 is 0 Å². The number of halogens is 2. The highest BCUT2D eigenvalue weighted by Crippen LogP contribution is 2.29. The third-order valence-corrected chi connectivity index (χ3v) is 4.24. The number of fused-ring (bicyclic) bond motifs is 1. The molecule has 2 heterocycles. The van der Waals surface area contributed by atoms with Gasteiger partial charge in [0.2, 0.25) is 0 Å². The summed E-state index contributed by atoms with van der Waals surface area (Å²) in [7, 11) is 1.66. The number of anilines is 1. The normalized spacial score (nSPS) is 14.3. The first-order valence-electron chi connectivity index (χ1n) is 7.85. The van der Waals surface area contributed by atoms with Gasteiger partial charge in [0.1, 0.15) is 12.4 Å². The number of aromatic nitrogens is 1. The lowest BCUT2D eigenvalue weighted by atomic mass is 10.1. The van der Waals surface area contributed by atoms with Crippen LogP contribution in [0.25, 0.3) is 10.9 Å². The third kappa shape index (κ3) is 5.23. The first-order valence-corrected chi connectivity index (χ1v) is 7.85. The molecule has 26 heavy (non-hydrogen) atoms. The highest BCUT2D eigenvalue weighted by atomic mass is 35.5. The van der Waals surface area contributed by atoms with Crippen molar-refractivity contribution in [2.45, 2.75) is 0 Å². The summed E-state index contributed by atoms with van der Waals surface area (Å²) in [5, 5.41) is 10.5. The molecule has 8 nitrogen and oxygen atoms in total. The maximum Gasteiger partial charge on any atom is 0.294 e. The molecule has 0 saturated carbocycles. The molecular weight excluding hydrogens is 383 g/mol. The summed E-state index contributed by atoms with van der Waals surface area (Å²) in [6.45, 7) is 4.08. The van der Waals surface area contributed by atoms with Crippen LogP contribution in [0.1, 0.15) is 0 Å². The van der Waals surface area contributed by atoms with Gasteiger partial charge < -0.3 is 14.5 Å². The molecule has 3 rings (SSSR count). The Bertz CT molecular complexity index is 726. The van der Waals surface area contributed by atoms with Crippen LogP contribution in [-0.4, -0.2) is 61.4 Å². The lowest BCUT2D eigenvalue weighted by Crippen LogP contribution is -2.47. The Morgan fingerprint density at radius 1 is 1.19 bits per heavy atom. The predicted octanol–water partition coefficient (Wildman–Crippen LogP) is 2.42. The standard InChI is InChI=1S/C16H20N4O4.2ClH/c1-23-13-2-3-15-14(12-13)16(4-5-17-15)19-8-6-18(7-9-19)10-11-24-20(21)22;;/h2-5,12H,6-11H2,1H3;2*1H. The van der Waals surface area contributed by atoms with Gasteiger partial charge in [-0.25, -0.2) is 0 Å². The molecule has 0 bridgehead atoms. The van der Waals surface area contributed by atoms with E-state index in [0.29, 0.717) is 6.54 Å². The van der Waals surface area contributed by atoms with Crippen LogP contribution in [0.3, 0.4) is 0 Å². The molecule has 0 N–H and O–H groups in total. The van der Waals surface area contributed by atoms with Crippen molar-refractivity contribution in [2.24, 2.45) is 0 Å². The molecule has 0 unspecified atom stereocenters. The van der Waals surface area contributed by atoms with E-state index >= 15 is 0 Å². The number of methoxy groups -OCH3 is 1. The number of nitrogens with zero attached hydrogens (tertiary/aromatic N) is 4. The molecule has 1 aromatic heterocycles. The minimum Gasteiger partial charge on any atom is -0.497 e. The van der Waals surface area contributed by atoms with Gasteiger partial charge in [-0.05, 0) is 24.3 Å². The quantitative estimate of drug-likeness (QED) is 0.539. The van der Waals surface area contributed by atoms with E-state index in [2.05, 4.69) is 19.6 Å². The average Bonchev–Trinajstić information content (AvgIpc) is 2.61. The van der Waals surface area contributed by atoms with Crippen molar-refractivity contribution in [1.29, 1.82) is 0 Å². The van der Waals surface area contributed by atoms with Gasteiger partial charge in [-0.15, -0.1) is 34.9 Å². The van der Waals surface area contributed by atoms with Crippen molar-refractivity contribution >= 4 is 41.4 Å². The fraction of sp³-hybridized carbons (Fsp3) is 0.438.